The zero-order valence-electron chi connectivity index (χ0n) is 11.4. The van der Waals surface area contributed by atoms with Gasteiger partial charge in [-0.1, -0.05) is 12.8 Å². The van der Waals surface area contributed by atoms with Gasteiger partial charge in [-0.25, -0.2) is 4.79 Å². The fraction of sp³-hybridized carbons (Fsp3) is 0.833. The second-order valence-corrected chi connectivity index (χ2v) is 5.93. The lowest BCUT2D eigenvalue weighted by molar-refractivity contribution is -0.137. The summed E-state index contributed by atoms with van der Waals surface area (Å²) in [7, 11) is -0.807. The van der Waals surface area contributed by atoms with Crippen LogP contribution in [0.3, 0.4) is 0 Å². The molecule has 7 heteroatoms. The number of amides is 2. The van der Waals surface area contributed by atoms with Gasteiger partial charge in [0.15, 0.2) is 0 Å². The maximum Gasteiger partial charge on any atom is 0.314 e. The summed E-state index contributed by atoms with van der Waals surface area (Å²) in [6, 6.07) is -0.201. The molecule has 0 heterocycles. The summed E-state index contributed by atoms with van der Waals surface area (Å²) in [5.74, 6) is -0.158. The molecular weight excluding hydrogens is 268 g/mol. The second-order valence-electron chi connectivity index (χ2n) is 4.37. The summed E-state index contributed by atoms with van der Waals surface area (Å²) in [5, 5.41) is 13.9. The highest BCUT2D eigenvalue weighted by Crippen LogP contribution is 2.01. The van der Waals surface area contributed by atoms with Gasteiger partial charge in [0.1, 0.15) is 0 Å². The number of aliphatic carboxylic acids is 1. The largest absolute Gasteiger partial charge is 0.481 e. The number of carbonyl (C=O) groups is 2. The van der Waals surface area contributed by atoms with Crippen molar-refractivity contribution in [1.82, 2.24) is 10.6 Å². The lowest BCUT2D eigenvalue weighted by Crippen LogP contribution is -2.36. The summed E-state index contributed by atoms with van der Waals surface area (Å²) >= 11 is 0. The van der Waals surface area contributed by atoms with Gasteiger partial charge in [0, 0.05) is 42.3 Å². The Morgan fingerprint density at radius 3 is 2.16 bits per heavy atom. The molecule has 0 saturated carbocycles. The Morgan fingerprint density at radius 1 is 1.00 bits per heavy atom. The van der Waals surface area contributed by atoms with Gasteiger partial charge in [-0.15, -0.1) is 0 Å². The highest BCUT2D eigenvalue weighted by Gasteiger charge is 2.00. The summed E-state index contributed by atoms with van der Waals surface area (Å²) in [4.78, 5) is 21.6. The zero-order chi connectivity index (χ0) is 14.5. The monoisotopic (exact) mass is 292 g/mol. The first kappa shape index (κ1) is 17.9. The topological polar surface area (TPSA) is 95.5 Å². The molecule has 0 bridgehead atoms. The Labute approximate surface area is 116 Å². The first-order valence-electron chi connectivity index (χ1n) is 6.56. The molecule has 3 N–H and O–H groups in total. The van der Waals surface area contributed by atoms with Gasteiger partial charge in [-0.05, 0) is 19.3 Å². The Morgan fingerprint density at radius 2 is 1.58 bits per heavy atom. The van der Waals surface area contributed by atoms with Crippen LogP contribution in [0, 0.1) is 0 Å². The van der Waals surface area contributed by atoms with Crippen LogP contribution in [-0.2, 0) is 15.6 Å². The summed E-state index contributed by atoms with van der Waals surface area (Å²) in [6.45, 7) is 1.13. The van der Waals surface area contributed by atoms with E-state index in [0.29, 0.717) is 31.7 Å². The SMILES string of the molecule is CS(=O)CCCNC(=O)NCCCCCCC(=O)O. The van der Waals surface area contributed by atoms with Gasteiger partial charge in [-0.2, -0.15) is 0 Å². The molecule has 0 aliphatic rings. The highest BCUT2D eigenvalue weighted by atomic mass is 32.2. The molecule has 0 rings (SSSR count). The van der Waals surface area contributed by atoms with Crippen molar-refractivity contribution in [2.24, 2.45) is 0 Å². The van der Waals surface area contributed by atoms with E-state index in [1.807, 2.05) is 0 Å². The van der Waals surface area contributed by atoms with Crippen molar-refractivity contribution in [2.75, 3.05) is 25.1 Å². The van der Waals surface area contributed by atoms with Gasteiger partial charge in [0.05, 0.1) is 0 Å². The smallest absolute Gasteiger partial charge is 0.314 e. The van der Waals surface area contributed by atoms with E-state index in [9.17, 15) is 13.8 Å². The molecule has 0 spiro atoms. The Hall–Kier alpha value is -1.11. The summed E-state index contributed by atoms with van der Waals surface area (Å²) < 4.78 is 10.8. The predicted octanol–water partition coefficient (Wildman–Crippen LogP) is 1.09. The average Bonchev–Trinajstić information content (AvgIpc) is 2.33. The van der Waals surface area contributed by atoms with Crippen LogP contribution in [0.4, 0.5) is 4.79 Å². The number of carboxylic acid groups (broad SMARTS) is 1. The molecule has 6 nitrogen and oxygen atoms in total. The first-order chi connectivity index (χ1) is 9.02. The van der Waals surface area contributed by atoms with E-state index in [-0.39, 0.29) is 12.5 Å². The van der Waals surface area contributed by atoms with E-state index < -0.39 is 16.8 Å². The van der Waals surface area contributed by atoms with Gasteiger partial charge in [0.2, 0.25) is 0 Å². The van der Waals surface area contributed by atoms with E-state index >= 15 is 0 Å². The second kappa shape index (κ2) is 12.0. The molecule has 0 aromatic carbocycles. The quantitative estimate of drug-likeness (QED) is 0.497. The van der Waals surface area contributed by atoms with Crippen molar-refractivity contribution in [3.05, 3.63) is 0 Å². The first-order valence-corrected chi connectivity index (χ1v) is 8.28. The van der Waals surface area contributed by atoms with E-state index in [2.05, 4.69) is 10.6 Å². The van der Waals surface area contributed by atoms with Crippen LogP contribution in [0.1, 0.15) is 38.5 Å². The molecule has 19 heavy (non-hydrogen) atoms. The molecule has 112 valence electrons. The van der Waals surface area contributed by atoms with Crippen LogP contribution in [-0.4, -0.2) is 46.4 Å². The Kier molecular flexibility index (Phi) is 11.3. The minimum atomic E-state index is -0.807. The number of hydrogen-bond donors (Lipinski definition) is 3. The van der Waals surface area contributed by atoms with Crippen LogP contribution in [0.5, 0.6) is 0 Å². The molecular formula is C12H24N2O4S. The lowest BCUT2D eigenvalue weighted by atomic mass is 10.1. The third-order valence-electron chi connectivity index (χ3n) is 2.50. The molecule has 0 radical (unpaired) electrons. The van der Waals surface area contributed by atoms with Crippen molar-refractivity contribution in [3.8, 4) is 0 Å². The number of carboxylic acids is 1. The van der Waals surface area contributed by atoms with Gasteiger partial charge in [0.25, 0.3) is 0 Å². The highest BCUT2D eigenvalue weighted by molar-refractivity contribution is 7.84. The van der Waals surface area contributed by atoms with Crippen molar-refractivity contribution in [1.29, 1.82) is 0 Å². The zero-order valence-corrected chi connectivity index (χ0v) is 12.3. The Balaban J connectivity index is 3.24. The normalized spacial score (nSPS) is 11.8. The third kappa shape index (κ3) is 14.8. The molecule has 0 fully saturated rings. The summed E-state index contributed by atoms with van der Waals surface area (Å²) in [5.41, 5.74) is 0. The molecule has 0 aliphatic heterocycles. The van der Waals surface area contributed by atoms with E-state index in [0.717, 1.165) is 19.3 Å². The van der Waals surface area contributed by atoms with Gasteiger partial charge in [-0.3, -0.25) is 9.00 Å². The number of urea groups is 1. The van der Waals surface area contributed by atoms with E-state index in [1.165, 1.54) is 0 Å². The third-order valence-corrected chi connectivity index (χ3v) is 3.36. The van der Waals surface area contributed by atoms with Crippen LogP contribution in [0.25, 0.3) is 0 Å². The van der Waals surface area contributed by atoms with Crippen LogP contribution < -0.4 is 10.6 Å². The van der Waals surface area contributed by atoms with E-state index in [4.69, 9.17) is 5.11 Å². The fourth-order valence-corrected chi connectivity index (χ4v) is 2.05. The fourth-order valence-electron chi connectivity index (χ4n) is 1.50. The Bertz CT molecular complexity index is 297. The van der Waals surface area contributed by atoms with E-state index in [1.54, 1.807) is 6.26 Å². The minimum absolute atomic E-state index is 0.201. The number of rotatable bonds is 11. The number of nitrogens with one attached hydrogen (secondary N) is 2. The summed E-state index contributed by atoms with van der Waals surface area (Å²) in [6.07, 6.45) is 5.91. The molecule has 0 aromatic rings. The molecule has 2 amide bonds. The van der Waals surface area contributed by atoms with Gasteiger partial charge >= 0.3 is 12.0 Å². The van der Waals surface area contributed by atoms with Crippen LogP contribution >= 0.6 is 0 Å². The predicted molar refractivity (Wildman–Crippen MR) is 75.7 cm³/mol. The number of carbonyl (C=O) groups excluding carboxylic acids is 1. The van der Waals surface area contributed by atoms with Crippen LogP contribution in [0.15, 0.2) is 0 Å². The standard InChI is InChI=1S/C12H24N2O4S/c1-19(18)10-6-9-14-12(17)13-8-5-3-2-4-7-11(15)16/h2-10H2,1H3,(H,15,16)(H2,13,14,17). The van der Waals surface area contributed by atoms with Gasteiger partial charge < -0.3 is 15.7 Å². The number of hydrogen-bond acceptors (Lipinski definition) is 3. The van der Waals surface area contributed by atoms with Crippen molar-refractivity contribution in [3.63, 3.8) is 0 Å². The maximum absolute atomic E-state index is 11.3. The molecule has 0 saturated heterocycles. The van der Waals surface area contributed by atoms with Crippen molar-refractivity contribution in [2.45, 2.75) is 38.5 Å². The van der Waals surface area contributed by atoms with Crippen molar-refractivity contribution >= 4 is 22.8 Å². The molecule has 0 aromatic heterocycles. The average molecular weight is 292 g/mol. The number of unbranched alkanes of at least 4 members (excludes halogenated alkanes) is 3. The minimum Gasteiger partial charge on any atom is -0.481 e. The maximum atomic E-state index is 11.3. The van der Waals surface area contributed by atoms with Crippen LogP contribution in [0.2, 0.25) is 0 Å². The molecule has 1 atom stereocenters. The molecule has 0 aliphatic carbocycles. The van der Waals surface area contributed by atoms with Crippen molar-refractivity contribution < 1.29 is 18.9 Å². The lowest BCUT2D eigenvalue weighted by Gasteiger charge is -2.07. The molecule has 1 unspecified atom stereocenters.